The number of benzene rings is 4. The predicted molar refractivity (Wildman–Crippen MR) is 190 cm³/mol. The Labute approximate surface area is 308 Å². The molecule has 3 N–H and O–H groups in total. The van der Waals surface area contributed by atoms with Crippen molar-refractivity contribution in [1.82, 2.24) is 5.43 Å². The van der Waals surface area contributed by atoms with E-state index in [0.29, 0.717) is 63.0 Å². The lowest BCUT2D eigenvalue weighted by Crippen LogP contribution is -2.38. The Kier molecular flexibility index (Phi) is 13.0. The molecule has 54 heavy (non-hydrogen) atoms. The number of hydrogen-bond acceptors (Lipinski definition) is 8. The molecule has 1 amide bonds. The van der Waals surface area contributed by atoms with Gasteiger partial charge in [-0.05, 0) is 72.8 Å². The first kappa shape index (κ1) is 39.8. The van der Waals surface area contributed by atoms with E-state index < -0.39 is 29.4 Å². The molecule has 6 rings (SSSR count). The minimum absolute atomic E-state index is 0.120. The smallest absolute Gasteiger partial charge is 0.419 e. The molecule has 2 saturated heterocycles. The Hall–Kier alpha value is -5.44. The number of methoxy groups -OCH3 is 1. The summed E-state index contributed by atoms with van der Waals surface area (Å²) in [6, 6.07) is 24.7. The van der Waals surface area contributed by atoms with E-state index in [0.717, 1.165) is 23.5 Å². The molecular formula is C39H40F6N4O5. The molecule has 2 aliphatic rings. The number of rotatable bonds is 8. The summed E-state index contributed by atoms with van der Waals surface area (Å²) in [7, 11) is 1.33. The van der Waals surface area contributed by atoms with Crippen molar-refractivity contribution < 1.29 is 50.1 Å². The van der Waals surface area contributed by atoms with E-state index in [4.69, 9.17) is 15.3 Å². The number of alkyl halides is 6. The molecule has 288 valence electrons. The number of nitrogens with two attached hydrogens (primary N) is 1. The van der Waals surface area contributed by atoms with Crippen LogP contribution in [0.25, 0.3) is 0 Å². The van der Waals surface area contributed by atoms with Crippen molar-refractivity contribution in [3.05, 3.63) is 119 Å². The lowest BCUT2D eigenvalue weighted by molar-refractivity contribution is -0.140. The second-order valence-electron chi connectivity index (χ2n) is 12.7. The highest BCUT2D eigenvalue weighted by atomic mass is 19.4. The van der Waals surface area contributed by atoms with Crippen LogP contribution >= 0.6 is 0 Å². The molecule has 0 atom stereocenters. The van der Waals surface area contributed by atoms with Crippen molar-refractivity contribution in [3.63, 3.8) is 0 Å². The summed E-state index contributed by atoms with van der Waals surface area (Å²) in [6.07, 6.45) is -6.95. The number of amides is 1. The Morgan fingerprint density at radius 1 is 0.611 bits per heavy atom. The molecular weight excluding hydrogens is 718 g/mol. The highest BCUT2D eigenvalue weighted by Gasteiger charge is 2.36. The van der Waals surface area contributed by atoms with Gasteiger partial charge in [0, 0.05) is 68.8 Å². The summed E-state index contributed by atoms with van der Waals surface area (Å²) >= 11 is 0. The van der Waals surface area contributed by atoms with Gasteiger partial charge in [-0.15, -0.1) is 0 Å². The molecule has 4 aromatic carbocycles. The summed E-state index contributed by atoms with van der Waals surface area (Å²) in [6.45, 7) is 2.63. The van der Waals surface area contributed by atoms with Crippen molar-refractivity contribution in [2.24, 2.45) is 5.84 Å². The molecule has 0 aromatic heterocycles. The Morgan fingerprint density at radius 2 is 0.981 bits per heavy atom. The predicted octanol–water partition coefficient (Wildman–Crippen LogP) is 7.90. The van der Waals surface area contributed by atoms with Crippen LogP contribution < -0.4 is 30.5 Å². The molecule has 2 fully saturated rings. The van der Waals surface area contributed by atoms with E-state index in [9.17, 15) is 35.9 Å². The third kappa shape index (κ3) is 10.4. The summed E-state index contributed by atoms with van der Waals surface area (Å²) in [5, 5.41) is 0. The average Bonchev–Trinajstić information content (AvgIpc) is 3.18. The van der Waals surface area contributed by atoms with Crippen LogP contribution in [0.4, 0.5) is 37.7 Å². The number of carbonyl (C=O) groups excluding carboxylic acids is 2. The van der Waals surface area contributed by atoms with Gasteiger partial charge in [0.1, 0.15) is 23.7 Å². The number of hydrogen-bond donors (Lipinski definition) is 2. The molecule has 2 heterocycles. The first-order chi connectivity index (χ1) is 25.8. The number of hydrazine groups is 1. The number of esters is 1. The summed E-state index contributed by atoms with van der Waals surface area (Å²) in [5.41, 5.74) is 3.42. The van der Waals surface area contributed by atoms with Crippen LogP contribution in [0.5, 0.6) is 11.5 Å². The number of nitrogens with one attached hydrogen (secondary N) is 1. The zero-order valence-electron chi connectivity index (χ0n) is 29.3. The van der Waals surface area contributed by atoms with Crippen LogP contribution in [0.15, 0.2) is 97.1 Å². The molecule has 2 aliphatic heterocycles. The van der Waals surface area contributed by atoms with Crippen LogP contribution in [0.1, 0.15) is 57.5 Å². The van der Waals surface area contributed by atoms with Crippen LogP contribution in [0.2, 0.25) is 0 Å². The number of halogens is 6. The fourth-order valence-corrected chi connectivity index (χ4v) is 6.26. The van der Waals surface area contributed by atoms with Gasteiger partial charge in [0.15, 0.2) is 0 Å². The number of nitrogens with zero attached hydrogens (tertiary/aromatic N) is 2. The molecule has 0 radical (unpaired) electrons. The van der Waals surface area contributed by atoms with Crippen molar-refractivity contribution in [1.29, 1.82) is 0 Å². The van der Waals surface area contributed by atoms with E-state index in [2.05, 4.69) is 20.0 Å². The van der Waals surface area contributed by atoms with Gasteiger partial charge in [0.05, 0.1) is 23.8 Å². The van der Waals surface area contributed by atoms with Gasteiger partial charge >= 0.3 is 18.3 Å². The maximum absolute atomic E-state index is 13.1. The van der Waals surface area contributed by atoms with Gasteiger partial charge < -0.3 is 24.0 Å². The zero-order chi connectivity index (χ0) is 38.9. The number of carbonyl (C=O) groups is 2. The van der Waals surface area contributed by atoms with Gasteiger partial charge in [0.25, 0.3) is 5.91 Å². The highest BCUT2D eigenvalue weighted by Crippen LogP contribution is 2.38. The average molecular weight is 759 g/mol. The third-order valence-electron chi connectivity index (χ3n) is 9.14. The van der Waals surface area contributed by atoms with E-state index >= 15 is 0 Å². The van der Waals surface area contributed by atoms with E-state index in [1.165, 1.54) is 31.4 Å². The van der Waals surface area contributed by atoms with Crippen LogP contribution in [0, 0.1) is 0 Å². The first-order valence-electron chi connectivity index (χ1n) is 17.2. The fourth-order valence-electron chi connectivity index (χ4n) is 6.26. The van der Waals surface area contributed by atoms with Crippen molar-refractivity contribution in [2.45, 2.75) is 50.2 Å². The molecule has 0 bridgehead atoms. The lowest BCUT2D eigenvalue weighted by Gasteiger charge is -2.34. The summed E-state index contributed by atoms with van der Waals surface area (Å²) in [4.78, 5) is 27.2. The fraction of sp³-hybridized carbons (Fsp3) is 0.333. The quantitative estimate of drug-likeness (QED) is 0.0615. The second kappa shape index (κ2) is 17.6. The largest absolute Gasteiger partial charge is 0.490 e. The number of piperidine rings is 2. The van der Waals surface area contributed by atoms with Crippen LogP contribution in [-0.4, -0.2) is 57.4 Å². The Balaban J connectivity index is 0.000000208. The molecule has 4 aromatic rings. The van der Waals surface area contributed by atoms with Gasteiger partial charge in [-0.1, -0.05) is 24.3 Å². The van der Waals surface area contributed by atoms with Crippen molar-refractivity contribution in [2.75, 3.05) is 43.1 Å². The number of ether oxygens (including phenoxy) is 3. The molecule has 9 nitrogen and oxygen atoms in total. The van der Waals surface area contributed by atoms with Gasteiger partial charge in [0.2, 0.25) is 0 Å². The van der Waals surface area contributed by atoms with Gasteiger partial charge in [-0.3, -0.25) is 10.2 Å². The number of anilines is 2. The van der Waals surface area contributed by atoms with Gasteiger partial charge in [-0.2, -0.15) is 26.3 Å². The molecule has 0 unspecified atom stereocenters. The van der Waals surface area contributed by atoms with Crippen LogP contribution in [0.3, 0.4) is 0 Å². The zero-order valence-corrected chi connectivity index (χ0v) is 29.3. The first-order valence-corrected chi connectivity index (χ1v) is 17.2. The molecule has 0 saturated carbocycles. The second-order valence-corrected chi connectivity index (χ2v) is 12.7. The molecule has 0 spiro atoms. The maximum Gasteiger partial charge on any atom is 0.419 e. The molecule has 0 aliphatic carbocycles. The van der Waals surface area contributed by atoms with E-state index in [-0.39, 0.29) is 29.6 Å². The minimum atomic E-state index is -4.44. The Morgan fingerprint density at radius 3 is 1.33 bits per heavy atom. The number of para-hydroxylation sites is 2. The van der Waals surface area contributed by atoms with Gasteiger partial charge in [-0.25, -0.2) is 10.6 Å². The highest BCUT2D eigenvalue weighted by molar-refractivity contribution is 5.94. The molecule has 15 heteroatoms. The lowest BCUT2D eigenvalue weighted by atomic mass is 10.1. The SMILES string of the molecule is COC(=O)c1ccc(N2CCC(Oc3ccccc3C(F)(F)F)CC2)cc1.NNC(=O)c1ccc(N2CCC(Oc3ccccc3C(F)(F)F)CC2)cc1. The summed E-state index contributed by atoms with van der Waals surface area (Å²) in [5.74, 6) is 4.11. The minimum Gasteiger partial charge on any atom is -0.490 e. The van der Waals surface area contributed by atoms with Crippen molar-refractivity contribution in [3.8, 4) is 11.5 Å². The number of nitrogen functional groups attached to an aromatic ring is 1. The maximum atomic E-state index is 13.1. The normalized spacial score (nSPS) is 15.5. The standard InChI is InChI=1S/C20H20F3NO3.C19H20F3N3O2/c1-26-19(25)14-6-8-15(9-7-14)24-12-10-16(11-13-24)27-18-5-3-2-4-17(18)20(21,22)23;20-19(21,22)16-3-1-2-4-17(16)27-15-9-11-25(12-10-15)14-7-5-13(6-8-14)18(26)24-23/h2-9,16H,10-13H2,1H3;1-8,15H,9-12,23H2,(H,24,26). The van der Waals surface area contributed by atoms with E-state index in [1.54, 1.807) is 36.4 Å². The van der Waals surface area contributed by atoms with Crippen molar-refractivity contribution >= 4 is 23.3 Å². The topological polar surface area (TPSA) is 106 Å². The monoisotopic (exact) mass is 758 g/mol. The Bertz CT molecular complexity index is 1700. The van der Waals surface area contributed by atoms with E-state index in [1.807, 2.05) is 24.3 Å². The summed E-state index contributed by atoms with van der Waals surface area (Å²) < 4.78 is 94.4. The van der Waals surface area contributed by atoms with Crippen LogP contribution in [-0.2, 0) is 17.1 Å². The third-order valence-corrected chi connectivity index (χ3v) is 9.14.